The molecule has 7 heteroatoms. The Labute approximate surface area is 163 Å². The monoisotopic (exact) mass is 385 g/mol. The lowest BCUT2D eigenvalue weighted by molar-refractivity contribution is 0.0671. The summed E-state index contributed by atoms with van der Waals surface area (Å²) in [7, 11) is 0. The molecule has 3 amide bonds. The first kappa shape index (κ1) is 19.8. The van der Waals surface area contributed by atoms with Crippen molar-refractivity contribution in [2.75, 3.05) is 38.1 Å². The second-order valence-corrected chi connectivity index (χ2v) is 6.51. The van der Waals surface area contributed by atoms with Crippen LogP contribution in [0.5, 0.6) is 0 Å². The summed E-state index contributed by atoms with van der Waals surface area (Å²) >= 11 is 0. The molecule has 0 spiro atoms. The summed E-state index contributed by atoms with van der Waals surface area (Å²) in [6.07, 6.45) is 0. The van der Waals surface area contributed by atoms with Crippen molar-refractivity contribution in [1.82, 2.24) is 9.80 Å². The molecule has 1 fully saturated rings. The number of para-hydroxylation sites is 1. The third kappa shape index (κ3) is 4.86. The molecule has 1 saturated heterocycles. The Balaban J connectivity index is 1.55. The van der Waals surface area contributed by atoms with Crippen LogP contribution in [0.25, 0.3) is 0 Å². The number of benzene rings is 2. The minimum Gasteiger partial charge on any atom is -0.377 e. The number of anilines is 1. The van der Waals surface area contributed by atoms with E-state index in [-0.39, 0.29) is 17.8 Å². The fourth-order valence-corrected chi connectivity index (χ4v) is 3.06. The number of nitrogens with zero attached hydrogens (tertiary/aromatic N) is 2. The number of piperazine rings is 1. The number of ether oxygens (including phenoxy) is 1. The molecule has 6 nitrogen and oxygen atoms in total. The smallest absolute Gasteiger partial charge is 0.321 e. The SMILES string of the molecule is CCOCc1ccccc1NC(=O)N1CCN(C(=O)c2ccc(F)cc2)CC1. The molecule has 1 heterocycles. The predicted octanol–water partition coefficient (Wildman–Crippen LogP) is 3.35. The van der Waals surface area contributed by atoms with Crippen LogP contribution in [-0.4, -0.2) is 54.5 Å². The molecule has 28 heavy (non-hydrogen) atoms. The zero-order valence-corrected chi connectivity index (χ0v) is 15.9. The van der Waals surface area contributed by atoms with E-state index in [1.54, 1.807) is 9.80 Å². The van der Waals surface area contributed by atoms with Gasteiger partial charge >= 0.3 is 6.03 Å². The van der Waals surface area contributed by atoms with Gasteiger partial charge in [-0.2, -0.15) is 0 Å². The van der Waals surface area contributed by atoms with E-state index < -0.39 is 0 Å². The molecule has 0 radical (unpaired) electrons. The summed E-state index contributed by atoms with van der Waals surface area (Å²) in [4.78, 5) is 28.5. The predicted molar refractivity (Wildman–Crippen MR) is 105 cm³/mol. The van der Waals surface area contributed by atoms with Gasteiger partial charge in [-0.15, -0.1) is 0 Å². The van der Waals surface area contributed by atoms with Gasteiger partial charge in [-0.1, -0.05) is 18.2 Å². The van der Waals surface area contributed by atoms with Gasteiger partial charge < -0.3 is 19.9 Å². The average Bonchev–Trinajstić information content (AvgIpc) is 2.73. The van der Waals surface area contributed by atoms with E-state index in [2.05, 4.69) is 5.32 Å². The van der Waals surface area contributed by atoms with Crippen molar-refractivity contribution in [2.24, 2.45) is 0 Å². The second-order valence-electron chi connectivity index (χ2n) is 6.51. The molecule has 0 aromatic heterocycles. The fraction of sp³-hybridized carbons (Fsp3) is 0.333. The number of rotatable bonds is 5. The lowest BCUT2D eigenvalue weighted by atomic mass is 10.1. The van der Waals surface area contributed by atoms with E-state index in [1.807, 2.05) is 31.2 Å². The summed E-state index contributed by atoms with van der Waals surface area (Å²) in [5, 5.41) is 2.93. The number of halogens is 1. The van der Waals surface area contributed by atoms with Gasteiger partial charge in [0.05, 0.1) is 6.61 Å². The Morgan fingerprint density at radius 2 is 1.64 bits per heavy atom. The standard InChI is InChI=1S/C21H24FN3O3/c1-2-28-15-17-5-3-4-6-19(17)23-21(27)25-13-11-24(12-14-25)20(26)16-7-9-18(22)10-8-16/h3-10H,2,11-15H2,1H3,(H,23,27). The maximum atomic E-state index is 13.0. The van der Waals surface area contributed by atoms with Crippen molar-refractivity contribution >= 4 is 17.6 Å². The van der Waals surface area contributed by atoms with Crippen molar-refractivity contribution in [3.05, 3.63) is 65.5 Å². The molecule has 1 aliphatic heterocycles. The summed E-state index contributed by atoms with van der Waals surface area (Å²) in [6, 6.07) is 12.8. The Kier molecular flexibility index (Phi) is 6.60. The van der Waals surface area contributed by atoms with E-state index in [1.165, 1.54) is 24.3 Å². The van der Waals surface area contributed by atoms with Crippen LogP contribution in [0.4, 0.5) is 14.9 Å². The molecule has 148 valence electrons. The zero-order valence-electron chi connectivity index (χ0n) is 15.9. The van der Waals surface area contributed by atoms with Gasteiger partial charge in [0.1, 0.15) is 5.82 Å². The molecule has 1 N–H and O–H groups in total. The third-order valence-corrected chi connectivity index (χ3v) is 4.67. The van der Waals surface area contributed by atoms with Crippen LogP contribution < -0.4 is 5.32 Å². The average molecular weight is 385 g/mol. The summed E-state index contributed by atoms with van der Waals surface area (Å²) in [5.74, 6) is -0.523. The van der Waals surface area contributed by atoms with Gasteiger partial charge in [0, 0.05) is 49.6 Å². The van der Waals surface area contributed by atoms with E-state index in [0.717, 1.165) is 11.3 Å². The van der Waals surface area contributed by atoms with E-state index >= 15 is 0 Å². The summed E-state index contributed by atoms with van der Waals surface area (Å²) < 4.78 is 18.5. The van der Waals surface area contributed by atoms with Crippen molar-refractivity contribution in [2.45, 2.75) is 13.5 Å². The topological polar surface area (TPSA) is 61.9 Å². The van der Waals surface area contributed by atoms with Crippen molar-refractivity contribution in [3.63, 3.8) is 0 Å². The van der Waals surface area contributed by atoms with Crippen LogP contribution in [0.3, 0.4) is 0 Å². The molecule has 3 rings (SSSR count). The number of urea groups is 1. The second kappa shape index (κ2) is 9.32. The van der Waals surface area contributed by atoms with Crippen molar-refractivity contribution < 1.29 is 18.7 Å². The van der Waals surface area contributed by atoms with Gasteiger partial charge in [-0.3, -0.25) is 4.79 Å². The fourth-order valence-electron chi connectivity index (χ4n) is 3.06. The minimum atomic E-state index is -0.373. The maximum Gasteiger partial charge on any atom is 0.321 e. The number of hydrogen-bond acceptors (Lipinski definition) is 3. The Morgan fingerprint density at radius 3 is 2.32 bits per heavy atom. The first-order valence-corrected chi connectivity index (χ1v) is 9.35. The molecule has 0 saturated carbocycles. The van der Waals surface area contributed by atoms with Crippen LogP contribution >= 0.6 is 0 Å². The number of nitrogens with one attached hydrogen (secondary N) is 1. The lowest BCUT2D eigenvalue weighted by Gasteiger charge is -2.34. The highest BCUT2D eigenvalue weighted by Crippen LogP contribution is 2.17. The van der Waals surface area contributed by atoms with Gasteiger partial charge in [0.15, 0.2) is 0 Å². The highest BCUT2D eigenvalue weighted by Gasteiger charge is 2.25. The molecule has 0 unspecified atom stereocenters. The largest absolute Gasteiger partial charge is 0.377 e. The molecule has 0 aliphatic carbocycles. The minimum absolute atomic E-state index is 0.151. The first-order valence-electron chi connectivity index (χ1n) is 9.35. The molecule has 0 bridgehead atoms. The van der Waals surface area contributed by atoms with Gasteiger partial charge in [-0.05, 0) is 37.3 Å². The van der Waals surface area contributed by atoms with Gasteiger partial charge in [-0.25, -0.2) is 9.18 Å². The van der Waals surface area contributed by atoms with Crippen LogP contribution in [0.1, 0.15) is 22.8 Å². The lowest BCUT2D eigenvalue weighted by Crippen LogP contribution is -2.51. The molecular formula is C21H24FN3O3. The van der Waals surface area contributed by atoms with Crippen LogP contribution in [0, 0.1) is 5.82 Å². The molecule has 2 aromatic rings. The van der Waals surface area contributed by atoms with Crippen molar-refractivity contribution in [3.8, 4) is 0 Å². The number of carbonyl (C=O) groups is 2. The normalized spacial score (nSPS) is 14.1. The number of hydrogen-bond donors (Lipinski definition) is 1. The van der Waals surface area contributed by atoms with Gasteiger partial charge in [0.2, 0.25) is 0 Å². The van der Waals surface area contributed by atoms with E-state index in [4.69, 9.17) is 4.74 Å². The Hall–Kier alpha value is -2.93. The molecule has 2 aromatic carbocycles. The molecule has 1 aliphatic rings. The Morgan fingerprint density at radius 1 is 1.00 bits per heavy atom. The number of amides is 3. The van der Waals surface area contributed by atoms with E-state index in [9.17, 15) is 14.0 Å². The van der Waals surface area contributed by atoms with E-state index in [0.29, 0.717) is 45.0 Å². The van der Waals surface area contributed by atoms with Crippen LogP contribution in [0.2, 0.25) is 0 Å². The number of carbonyl (C=O) groups excluding carboxylic acids is 2. The molecule has 0 atom stereocenters. The highest BCUT2D eigenvalue weighted by molar-refractivity contribution is 5.94. The summed E-state index contributed by atoms with van der Waals surface area (Å²) in [6.45, 7) is 4.71. The van der Waals surface area contributed by atoms with Crippen LogP contribution in [-0.2, 0) is 11.3 Å². The zero-order chi connectivity index (χ0) is 19.9. The third-order valence-electron chi connectivity index (χ3n) is 4.67. The van der Waals surface area contributed by atoms with Crippen molar-refractivity contribution in [1.29, 1.82) is 0 Å². The summed E-state index contributed by atoms with van der Waals surface area (Å²) in [5.41, 5.74) is 2.10. The van der Waals surface area contributed by atoms with Gasteiger partial charge in [0.25, 0.3) is 5.91 Å². The first-order chi connectivity index (χ1) is 13.6. The molecular weight excluding hydrogens is 361 g/mol. The Bertz CT molecular complexity index is 818. The van der Waals surface area contributed by atoms with Crippen LogP contribution in [0.15, 0.2) is 48.5 Å². The quantitative estimate of drug-likeness (QED) is 0.859. The maximum absolute atomic E-state index is 13.0. The highest BCUT2D eigenvalue weighted by atomic mass is 19.1.